The van der Waals surface area contributed by atoms with E-state index in [1.165, 1.54) is 12.5 Å². The summed E-state index contributed by atoms with van der Waals surface area (Å²) in [5.41, 5.74) is 2.62. The molecule has 0 unspecified atom stereocenters. The van der Waals surface area contributed by atoms with Gasteiger partial charge >= 0.3 is 11.6 Å². The summed E-state index contributed by atoms with van der Waals surface area (Å²) < 4.78 is 10.8. The molecule has 0 fully saturated rings. The van der Waals surface area contributed by atoms with E-state index < -0.39 is 11.6 Å². The summed E-state index contributed by atoms with van der Waals surface area (Å²) in [5, 5.41) is 3.48. The van der Waals surface area contributed by atoms with E-state index >= 15 is 0 Å². The van der Waals surface area contributed by atoms with Crippen molar-refractivity contribution in [1.82, 2.24) is 5.32 Å². The number of aryl methyl sites for hydroxylation is 3. The Morgan fingerprint density at radius 1 is 1.13 bits per heavy atom. The first kappa shape index (κ1) is 22.3. The van der Waals surface area contributed by atoms with Crippen molar-refractivity contribution >= 4 is 22.8 Å². The fourth-order valence-electron chi connectivity index (χ4n) is 3.66. The predicted molar refractivity (Wildman–Crippen MR) is 119 cm³/mol. The van der Waals surface area contributed by atoms with Crippen molar-refractivity contribution in [1.29, 1.82) is 0 Å². The summed E-state index contributed by atoms with van der Waals surface area (Å²) in [6, 6.07) is 13.5. The van der Waals surface area contributed by atoms with Crippen LogP contribution in [0.1, 0.15) is 42.5 Å². The first-order valence-corrected chi connectivity index (χ1v) is 10.3. The summed E-state index contributed by atoms with van der Waals surface area (Å²) >= 11 is 0. The van der Waals surface area contributed by atoms with Crippen molar-refractivity contribution in [3.63, 3.8) is 0 Å². The van der Waals surface area contributed by atoms with Crippen molar-refractivity contribution < 1.29 is 18.7 Å². The summed E-state index contributed by atoms with van der Waals surface area (Å²) in [7, 11) is 0. The summed E-state index contributed by atoms with van der Waals surface area (Å²) in [4.78, 5) is 36.7. The van der Waals surface area contributed by atoms with Crippen LogP contribution in [0.4, 0.5) is 0 Å². The standard InChI is InChI=1S/C25H27NO5/c1-15-12-21(30-18(4)27)24-17(3)20(25(29)31-22(24)13-15)14-23(28)26-16(2)10-11-19-8-6-5-7-9-19/h5-9,12-13,16H,10-11,14H2,1-4H3,(H,26,28)/t16-/m1/s1. The van der Waals surface area contributed by atoms with Gasteiger partial charge in [0.15, 0.2) is 0 Å². The number of esters is 1. The van der Waals surface area contributed by atoms with Crippen LogP contribution in [0.15, 0.2) is 51.7 Å². The highest BCUT2D eigenvalue weighted by Gasteiger charge is 2.19. The van der Waals surface area contributed by atoms with Crippen LogP contribution in [0, 0.1) is 13.8 Å². The highest BCUT2D eigenvalue weighted by Crippen LogP contribution is 2.31. The van der Waals surface area contributed by atoms with E-state index in [0.29, 0.717) is 22.3 Å². The Morgan fingerprint density at radius 3 is 2.52 bits per heavy atom. The SMILES string of the molecule is CC(=O)Oc1cc(C)cc2oc(=O)c(CC(=O)N[C@H](C)CCc3ccccc3)c(C)c12. The zero-order valence-corrected chi connectivity index (χ0v) is 18.3. The van der Waals surface area contributed by atoms with E-state index in [9.17, 15) is 14.4 Å². The van der Waals surface area contributed by atoms with Crippen molar-refractivity contribution in [2.24, 2.45) is 0 Å². The van der Waals surface area contributed by atoms with Crippen LogP contribution in [0.3, 0.4) is 0 Å². The number of carbonyl (C=O) groups is 2. The van der Waals surface area contributed by atoms with Crippen molar-refractivity contribution in [2.75, 3.05) is 0 Å². The largest absolute Gasteiger partial charge is 0.426 e. The molecular formula is C25H27NO5. The highest BCUT2D eigenvalue weighted by atomic mass is 16.5. The Bertz CT molecular complexity index is 1160. The molecule has 0 saturated carbocycles. The summed E-state index contributed by atoms with van der Waals surface area (Å²) in [5.74, 6) is -0.401. The van der Waals surface area contributed by atoms with E-state index in [4.69, 9.17) is 9.15 Å². The lowest BCUT2D eigenvalue weighted by atomic mass is 10.0. The van der Waals surface area contributed by atoms with Crippen molar-refractivity contribution in [3.05, 3.63) is 75.1 Å². The van der Waals surface area contributed by atoms with Gasteiger partial charge in [0.2, 0.25) is 5.91 Å². The molecule has 3 aromatic rings. The molecule has 1 aromatic heterocycles. The molecule has 0 aliphatic heterocycles. The molecule has 0 saturated heterocycles. The normalized spacial score (nSPS) is 11.9. The van der Waals surface area contributed by atoms with Gasteiger partial charge in [-0.05, 0) is 62.4 Å². The minimum atomic E-state index is -0.559. The van der Waals surface area contributed by atoms with Crippen LogP contribution in [-0.2, 0) is 22.4 Å². The van der Waals surface area contributed by atoms with Crippen molar-refractivity contribution in [3.8, 4) is 5.75 Å². The fraction of sp³-hybridized carbons (Fsp3) is 0.320. The van der Waals surface area contributed by atoms with Gasteiger partial charge in [-0.3, -0.25) is 9.59 Å². The molecule has 0 spiro atoms. The van der Waals surface area contributed by atoms with Crippen LogP contribution in [0.5, 0.6) is 5.75 Å². The number of amides is 1. The molecule has 0 radical (unpaired) electrons. The number of hydrogen-bond acceptors (Lipinski definition) is 5. The second-order valence-corrected chi connectivity index (χ2v) is 7.89. The topological polar surface area (TPSA) is 85.6 Å². The molecule has 1 heterocycles. The van der Waals surface area contributed by atoms with E-state index in [-0.39, 0.29) is 23.9 Å². The third-order valence-corrected chi connectivity index (χ3v) is 5.19. The molecular weight excluding hydrogens is 394 g/mol. The number of rotatable bonds is 7. The van der Waals surface area contributed by atoms with Gasteiger partial charge in [-0.1, -0.05) is 30.3 Å². The van der Waals surface area contributed by atoms with Gasteiger partial charge in [-0.2, -0.15) is 0 Å². The van der Waals surface area contributed by atoms with E-state index in [2.05, 4.69) is 17.4 Å². The van der Waals surface area contributed by atoms with Crippen LogP contribution < -0.4 is 15.7 Å². The molecule has 1 atom stereocenters. The second-order valence-electron chi connectivity index (χ2n) is 7.89. The van der Waals surface area contributed by atoms with Gasteiger partial charge in [0.05, 0.1) is 17.4 Å². The molecule has 0 bridgehead atoms. The second kappa shape index (κ2) is 9.60. The third kappa shape index (κ3) is 5.60. The number of fused-ring (bicyclic) bond motifs is 1. The van der Waals surface area contributed by atoms with Crippen LogP contribution >= 0.6 is 0 Å². The Morgan fingerprint density at radius 2 is 1.84 bits per heavy atom. The van der Waals surface area contributed by atoms with E-state index in [0.717, 1.165) is 18.4 Å². The molecule has 3 rings (SSSR count). The maximum atomic E-state index is 12.6. The first-order valence-electron chi connectivity index (χ1n) is 10.3. The van der Waals surface area contributed by atoms with Crippen LogP contribution in [0.25, 0.3) is 11.0 Å². The van der Waals surface area contributed by atoms with E-state index in [1.54, 1.807) is 19.1 Å². The molecule has 0 aliphatic rings. The Hall–Kier alpha value is -3.41. The average molecular weight is 421 g/mol. The zero-order chi connectivity index (χ0) is 22.5. The fourth-order valence-corrected chi connectivity index (χ4v) is 3.66. The molecule has 6 nitrogen and oxygen atoms in total. The lowest BCUT2D eigenvalue weighted by molar-refractivity contribution is -0.131. The number of ether oxygens (including phenoxy) is 1. The molecule has 31 heavy (non-hydrogen) atoms. The molecule has 162 valence electrons. The van der Waals surface area contributed by atoms with Gasteiger partial charge in [0, 0.05) is 13.0 Å². The minimum Gasteiger partial charge on any atom is -0.426 e. The van der Waals surface area contributed by atoms with E-state index in [1.807, 2.05) is 32.0 Å². The van der Waals surface area contributed by atoms with Gasteiger partial charge in [0.1, 0.15) is 11.3 Å². The Kier molecular flexibility index (Phi) is 6.90. The number of carbonyl (C=O) groups excluding carboxylic acids is 2. The maximum absolute atomic E-state index is 12.6. The molecule has 2 aromatic carbocycles. The third-order valence-electron chi connectivity index (χ3n) is 5.19. The summed E-state index contributed by atoms with van der Waals surface area (Å²) in [6.45, 7) is 6.81. The highest BCUT2D eigenvalue weighted by molar-refractivity contribution is 5.91. The molecule has 1 N–H and O–H groups in total. The predicted octanol–water partition coefficient (Wildman–Crippen LogP) is 4.02. The number of nitrogens with one attached hydrogen (secondary N) is 1. The molecule has 6 heteroatoms. The lowest BCUT2D eigenvalue weighted by Gasteiger charge is -2.15. The molecule has 0 aliphatic carbocycles. The van der Waals surface area contributed by atoms with Gasteiger partial charge in [-0.15, -0.1) is 0 Å². The average Bonchev–Trinajstić information content (AvgIpc) is 2.69. The van der Waals surface area contributed by atoms with Crippen LogP contribution in [0.2, 0.25) is 0 Å². The zero-order valence-electron chi connectivity index (χ0n) is 18.3. The molecule has 1 amide bonds. The Labute approximate surface area is 181 Å². The number of benzene rings is 2. The summed E-state index contributed by atoms with van der Waals surface area (Å²) in [6.07, 6.45) is 1.54. The Balaban J connectivity index is 1.78. The number of hydrogen-bond donors (Lipinski definition) is 1. The smallest absolute Gasteiger partial charge is 0.340 e. The maximum Gasteiger partial charge on any atom is 0.340 e. The van der Waals surface area contributed by atoms with Crippen molar-refractivity contribution in [2.45, 2.75) is 53.0 Å². The van der Waals surface area contributed by atoms with Gasteiger partial charge in [-0.25, -0.2) is 4.79 Å². The van der Waals surface area contributed by atoms with Gasteiger partial charge < -0.3 is 14.5 Å². The minimum absolute atomic E-state index is 0.0419. The van der Waals surface area contributed by atoms with Crippen LogP contribution in [-0.4, -0.2) is 17.9 Å². The lowest BCUT2D eigenvalue weighted by Crippen LogP contribution is -2.35. The van der Waals surface area contributed by atoms with Gasteiger partial charge in [0.25, 0.3) is 0 Å². The monoisotopic (exact) mass is 421 g/mol. The first-order chi connectivity index (χ1) is 14.7. The quantitative estimate of drug-likeness (QED) is 0.354.